The average molecular weight is 394 g/mol. The highest BCUT2D eigenvalue weighted by Crippen LogP contribution is 2.30. The van der Waals surface area contributed by atoms with Crippen LogP contribution in [0.4, 0.5) is 5.82 Å². The second-order valence-electron chi connectivity index (χ2n) is 7.78. The molecule has 1 saturated carbocycles. The number of anilines is 1. The van der Waals surface area contributed by atoms with Crippen molar-refractivity contribution in [1.82, 2.24) is 14.7 Å². The molecule has 0 bridgehead atoms. The Balaban J connectivity index is 1.52. The van der Waals surface area contributed by atoms with Crippen molar-refractivity contribution in [3.63, 3.8) is 0 Å². The van der Waals surface area contributed by atoms with Gasteiger partial charge in [0.1, 0.15) is 5.82 Å². The Morgan fingerprint density at radius 3 is 2.62 bits per heavy atom. The van der Waals surface area contributed by atoms with E-state index in [0.29, 0.717) is 35.1 Å². The lowest BCUT2D eigenvalue weighted by Crippen LogP contribution is -2.30. The van der Waals surface area contributed by atoms with Crippen LogP contribution in [-0.2, 0) is 0 Å². The minimum atomic E-state index is -0.319. The van der Waals surface area contributed by atoms with Gasteiger partial charge in [0.25, 0.3) is 17.7 Å². The zero-order chi connectivity index (χ0) is 20.4. The number of imide groups is 1. The minimum absolute atomic E-state index is 0.277. The summed E-state index contributed by atoms with van der Waals surface area (Å²) in [5, 5.41) is 7.32. The second-order valence-corrected chi connectivity index (χ2v) is 7.78. The van der Waals surface area contributed by atoms with Crippen LogP contribution in [0.5, 0.6) is 0 Å². The fourth-order valence-corrected chi connectivity index (χ4v) is 4.17. The molecule has 1 aromatic carbocycles. The standard InChI is InChI=1S/C22H26N4O3/c1-2-3-13-25-21(28)17-10-9-15(14-18(17)22(25)29)20(27)24-19-11-12-23-26(19)16-7-5-4-6-8-16/h9-12,14,16H,2-8,13H2,1H3,(H,24,27). The quantitative estimate of drug-likeness (QED) is 0.750. The van der Waals surface area contributed by atoms with Gasteiger partial charge in [-0.2, -0.15) is 5.10 Å². The van der Waals surface area contributed by atoms with Gasteiger partial charge in [0.05, 0.1) is 23.4 Å². The first-order valence-electron chi connectivity index (χ1n) is 10.4. The van der Waals surface area contributed by atoms with Crippen LogP contribution in [0.15, 0.2) is 30.5 Å². The van der Waals surface area contributed by atoms with Crippen molar-refractivity contribution in [2.75, 3.05) is 11.9 Å². The molecule has 1 N–H and O–H groups in total. The van der Waals surface area contributed by atoms with Crippen LogP contribution in [0.25, 0.3) is 0 Å². The number of fused-ring (bicyclic) bond motifs is 1. The number of hydrogen-bond acceptors (Lipinski definition) is 4. The molecular weight excluding hydrogens is 368 g/mol. The lowest BCUT2D eigenvalue weighted by atomic mass is 9.96. The summed E-state index contributed by atoms with van der Waals surface area (Å²) in [5.41, 5.74) is 1.04. The topological polar surface area (TPSA) is 84.3 Å². The molecular formula is C22H26N4O3. The first kappa shape index (κ1) is 19.4. The third-order valence-corrected chi connectivity index (χ3v) is 5.80. The minimum Gasteiger partial charge on any atom is -0.307 e. The smallest absolute Gasteiger partial charge is 0.261 e. The van der Waals surface area contributed by atoms with Gasteiger partial charge >= 0.3 is 0 Å². The first-order valence-corrected chi connectivity index (χ1v) is 10.4. The number of rotatable bonds is 6. The molecule has 0 spiro atoms. The highest BCUT2D eigenvalue weighted by molar-refractivity contribution is 6.22. The maximum Gasteiger partial charge on any atom is 0.261 e. The second kappa shape index (κ2) is 8.19. The lowest BCUT2D eigenvalue weighted by Gasteiger charge is -2.23. The molecule has 0 saturated heterocycles. The zero-order valence-corrected chi connectivity index (χ0v) is 16.7. The SMILES string of the molecule is CCCCN1C(=O)c2ccc(C(=O)Nc3ccnn3C3CCCCC3)cc2C1=O. The van der Waals surface area contributed by atoms with E-state index in [0.717, 1.165) is 25.7 Å². The van der Waals surface area contributed by atoms with E-state index in [1.165, 1.54) is 30.2 Å². The van der Waals surface area contributed by atoms with Crippen molar-refractivity contribution in [2.45, 2.75) is 57.9 Å². The summed E-state index contributed by atoms with van der Waals surface area (Å²) >= 11 is 0. The van der Waals surface area contributed by atoms with E-state index in [4.69, 9.17) is 0 Å². The molecule has 0 unspecified atom stereocenters. The number of nitrogens with one attached hydrogen (secondary N) is 1. The predicted molar refractivity (Wildman–Crippen MR) is 109 cm³/mol. The molecule has 0 radical (unpaired) electrons. The maximum atomic E-state index is 12.8. The van der Waals surface area contributed by atoms with E-state index < -0.39 is 0 Å². The normalized spacial score (nSPS) is 16.9. The molecule has 1 aliphatic carbocycles. The summed E-state index contributed by atoms with van der Waals surface area (Å²) in [6.45, 7) is 2.42. The molecule has 1 aliphatic heterocycles. The molecule has 2 aromatic rings. The number of amides is 3. The van der Waals surface area contributed by atoms with Crippen LogP contribution in [0, 0.1) is 0 Å². The molecule has 4 rings (SSSR count). The summed E-state index contributed by atoms with van der Waals surface area (Å²) in [6, 6.07) is 6.80. The molecule has 1 fully saturated rings. The van der Waals surface area contributed by atoms with E-state index in [1.54, 1.807) is 24.4 Å². The Morgan fingerprint density at radius 1 is 1.10 bits per heavy atom. The third kappa shape index (κ3) is 3.69. The summed E-state index contributed by atoms with van der Waals surface area (Å²) in [6.07, 6.45) is 9.08. The molecule has 7 nitrogen and oxygen atoms in total. The van der Waals surface area contributed by atoms with Gasteiger partial charge in [-0.1, -0.05) is 32.6 Å². The summed E-state index contributed by atoms with van der Waals surface area (Å²) in [5.74, 6) is -0.242. The van der Waals surface area contributed by atoms with E-state index in [9.17, 15) is 14.4 Å². The van der Waals surface area contributed by atoms with Gasteiger partial charge in [0.2, 0.25) is 0 Å². The third-order valence-electron chi connectivity index (χ3n) is 5.80. The maximum absolute atomic E-state index is 12.8. The molecule has 1 aromatic heterocycles. The number of hydrogen-bond donors (Lipinski definition) is 1. The molecule has 3 amide bonds. The number of carbonyl (C=O) groups is 3. The van der Waals surface area contributed by atoms with Gasteiger partial charge < -0.3 is 5.32 Å². The Morgan fingerprint density at radius 2 is 1.86 bits per heavy atom. The van der Waals surface area contributed by atoms with Gasteiger partial charge in [0, 0.05) is 18.2 Å². The van der Waals surface area contributed by atoms with E-state index in [-0.39, 0.29) is 17.7 Å². The zero-order valence-electron chi connectivity index (χ0n) is 16.7. The largest absolute Gasteiger partial charge is 0.307 e. The van der Waals surface area contributed by atoms with Crippen molar-refractivity contribution >= 4 is 23.5 Å². The predicted octanol–water partition coefficient (Wildman–Crippen LogP) is 4.04. The van der Waals surface area contributed by atoms with Crippen molar-refractivity contribution < 1.29 is 14.4 Å². The molecule has 2 heterocycles. The number of benzene rings is 1. The van der Waals surface area contributed by atoms with Crippen LogP contribution in [0.1, 0.15) is 89.0 Å². The Labute approximate surface area is 170 Å². The number of carbonyl (C=O) groups excluding carboxylic acids is 3. The van der Waals surface area contributed by atoms with E-state index >= 15 is 0 Å². The molecule has 0 atom stereocenters. The summed E-state index contributed by atoms with van der Waals surface area (Å²) < 4.78 is 1.89. The van der Waals surface area contributed by atoms with Crippen LogP contribution in [-0.4, -0.2) is 38.9 Å². The van der Waals surface area contributed by atoms with Crippen molar-refractivity contribution in [3.8, 4) is 0 Å². The van der Waals surface area contributed by atoms with Crippen LogP contribution in [0.2, 0.25) is 0 Å². The van der Waals surface area contributed by atoms with Crippen molar-refractivity contribution in [3.05, 3.63) is 47.2 Å². The Bertz CT molecular complexity index is 943. The van der Waals surface area contributed by atoms with Crippen molar-refractivity contribution in [2.24, 2.45) is 0 Å². The number of aromatic nitrogens is 2. The highest BCUT2D eigenvalue weighted by Gasteiger charge is 2.35. The molecule has 152 valence electrons. The molecule has 29 heavy (non-hydrogen) atoms. The lowest BCUT2D eigenvalue weighted by molar-refractivity contribution is 0.0652. The first-order chi connectivity index (χ1) is 14.1. The Hall–Kier alpha value is -2.96. The Kier molecular flexibility index (Phi) is 5.47. The molecule has 7 heteroatoms. The van der Waals surface area contributed by atoms with E-state index in [2.05, 4.69) is 10.4 Å². The number of unbranched alkanes of at least 4 members (excludes halogenated alkanes) is 1. The van der Waals surface area contributed by atoms with Crippen LogP contribution >= 0.6 is 0 Å². The van der Waals surface area contributed by atoms with Crippen LogP contribution < -0.4 is 5.32 Å². The van der Waals surface area contributed by atoms with Crippen molar-refractivity contribution in [1.29, 1.82) is 0 Å². The van der Waals surface area contributed by atoms with Gasteiger partial charge in [0.15, 0.2) is 0 Å². The fourth-order valence-electron chi connectivity index (χ4n) is 4.17. The molecule has 2 aliphatic rings. The van der Waals surface area contributed by atoms with Gasteiger partial charge in [-0.05, 0) is 37.5 Å². The summed E-state index contributed by atoms with van der Waals surface area (Å²) in [4.78, 5) is 39.2. The van der Waals surface area contributed by atoms with Crippen LogP contribution in [0.3, 0.4) is 0 Å². The van der Waals surface area contributed by atoms with Gasteiger partial charge in [-0.25, -0.2) is 4.68 Å². The highest BCUT2D eigenvalue weighted by atomic mass is 16.2. The monoisotopic (exact) mass is 394 g/mol. The average Bonchev–Trinajstić information content (AvgIpc) is 3.30. The summed E-state index contributed by atoms with van der Waals surface area (Å²) in [7, 11) is 0. The van der Waals surface area contributed by atoms with Gasteiger partial charge in [-0.3, -0.25) is 19.3 Å². The van der Waals surface area contributed by atoms with E-state index in [1.807, 2.05) is 11.6 Å². The number of nitrogens with zero attached hydrogens (tertiary/aromatic N) is 3. The van der Waals surface area contributed by atoms with Gasteiger partial charge in [-0.15, -0.1) is 0 Å². The fraction of sp³-hybridized carbons (Fsp3) is 0.455.